The quantitative estimate of drug-likeness (QED) is 0.322. The Kier molecular flexibility index (Phi) is 8.85. The molecule has 2 aliphatic rings. The van der Waals surface area contributed by atoms with Gasteiger partial charge in [-0.2, -0.15) is 0 Å². The van der Waals surface area contributed by atoms with Gasteiger partial charge in [-0.25, -0.2) is 17.8 Å². The van der Waals surface area contributed by atoms with Crippen molar-refractivity contribution in [1.82, 2.24) is 9.55 Å². The van der Waals surface area contributed by atoms with Crippen molar-refractivity contribution in [1.29, 1.82) is 0 Å². The molecule has 2 heterocycles. The molecule has 1 amide bonds. The molecule has 5 rings (SSSR count). The molecule has 0 aliphatic heterocycles. The van der Waals surface area contributed by atoms with Crippen molar-refractivity contribution >= 4 is 32.2 Å². The molecule has 7 nitrogen and oxygen atoms in total. The second-order valence-electron chi connectivity index (χ2n) is 11.2. The van der Waals surface area contributed by atoms with E-state index in [9.17, 15) is 22.4 Å². The highest BCUT2D eigenvalue weighted by Gasteiger charge is 2.33. The molecule has 10 heteroatoms. The summed E-state index contributed by atoms with van der Waals surface area (Å²) < 4.78 is 41.1. The summed E-state index contributed by atoms with van der Waals surface area (Å²) in [5.74, 6) is -0.312. The van der Waals surface area contributed by atoms with Gasteiger partial charge in [0.15, 0.2) is 15.0 Å². The zero-order chi connectivity index (χ0) is 28.3. The predicted molar refractivity (Wildman–Crippen MR) is 155 cm³/mol. The third-order valence-corrected chi connectivity index (χ3v) is 11.4. The van der Waals surface area contributed by atoms with Crippen LogP contribution in [0.15, 0.2) is 52.3 Å². The molecule has 1 atom stereocenters. The average molecular weight is 586 g/mol. The van der Waals surface area contributed by atoms with Crippen molar-refractivity contribution in [2.75, 3.05) is 5.32 Å². The Morgan fingerprint density at radius 1 is 1.07 bits per heavy atom. The summed E-state index contributed by atoms with van der Waals surface area (Å²) in [5.41, 5.74) is 0.938. The molecule has 0 bridgehead atoms. The van der Waals surface area contributed by atoms with Gasteiger partial charge in [-0.3, -0.25) is 9.59 Å². The highest BCUT2D eigenvalue weighted by Crippen LogP contribution is 2.33. The van der Waals surface area contributed by atoms with E-state index in [1.165, 1.54) is 40.5 Å². The maximum absolute atomic E-state index is 13.7. The number of nitrogens with zero attached hydrogens (tertiary/aromatic N) is 2. The van der Waals surface area contributed by atoms with Gasteiger partial charge in [0.05, 0.1) is 10.1 Å². The molecule has 0 spiro atoms. The minimum atomic E-state index is -3.59. The van der Waals surface area contributed by atoms with Gasteiger partial charge in [0, 0.05) is 29.3 Å². The van der Waals surface area contributed by atoms with Crippen LogP contribution in [0.5, 0.6) is 0 Å². The molecule has 1 unspecified atom stereocenters. The lowest BCUT2D eigenvalue weighted by atomic mass is 9.84. The van der Waals surface area contributed by atoms with Crippen LogP contribution in [0.25, 0.3) is 0 Å². The number of carbonyl (C=O) groups is 1. The van der Waals surface area contributed by atoms with Gasteiger partial charge < -0.3 is 9.88 Å². The first-order chi connectivity index (χ1) is 19.2. The maximum atomic E-state index is 13.7. The summed E-state index contributed by atoms with van der Waals surface area (Å²) in [6.45, 7) is 1.71. The number of benzene rings is 1. The van der Waals surface area contributed by atoms with Crippen LogP contribution < -0.4 is 10.9 Å². The van der Waals surface area contributed by atoms with E-state index in [1.54, 1.807) is 31.3 Å². The van der Waals surface area contributed by atoms with Gasteiger partial charge in [-0.1, -0.05) is 57.1 Å². The van der Waals surface area contributed by atoms with Crippen LogP contribution >= 0.6 is 11.3 Å². The molecule has 3 aromatic rings. The first kappa shape index (κ1) is 28.7. The number of anilines is 1. The van der Waals surface area contributed by atoms with Crippen molar-refractivity contribution in [2.24, 2.45) is 5.92 Å². The number of aryl methyl sites for hydroxylation is 1. The van der Waals surface area contributed by atoms with Crippen molar-refractivity contribution in [3.8, 4) is 0 Å². The molecule has 2 saturated carbocycles. The van der Waals surface area contributed by atoms with E-state index in [0.717, 1.165) is 49.0 Å². The fraction of sp³-hybridized carbons (Fsp3) is 0.500. The van der Waals surface area contributed by atoms with Crippen molar-refractivity contribution < 1.29 is 17.6 Å². The van der Waals surface area contributed by atoms with E-state index in [-0.39, 0.29) is 16.6 Å². The van der Waals surface area contributed by atoms with Gasteiger partial charge in [0.2, 0.25) is 5.91 Å². The summed E-state index contributed by atoms with van der Waals surface area (Å²) in [7, 11) is -3.59. The molecule has 2 fully saturated rings. The maximum Gasteiger partial charge on any atom is 0.252 e. The highest BCUT2D eigenvalue weighted by atomic mass is 32.2. The van der Waals surface area contributed by atoms with Crippen LogP contribution in [0.4, 0.5) is 9.52 Å². The fourth-order valence-electron chi connectivity index (χ4n) is 6.14. The van der Waals surface area contributed by atoms with Crippen molar-refractivity contribution in [3.05, 3.63) is 74.9 Å². The second kappa shape index (κ2) is 12.3. The summed E-state index contributed by atoms with van der Waals surface area (Å²) >= 11 is 1.34. The van der Waals surface area contributed by atoms with Crippen LogP contribution in [-0.4, -0.2) is 29.1 Å². The Balaban J connectivity index is 1.40. The van der Waals surface area contributed by atoms with Gasteiger partial charge in [-0.05, 0) is 55.9 Å². The molecule has 2 aromatic heterocycles. The lowest BCUT2D eigenvalue weighted by molar-refractivity contribution is -0.120. The number of amides is 1. The average Bonchev–Trinajstić information content (AvgIpc) is 3.63. The topological polar surface area (TPSA) is 98.1 Å². The standard InChI is InChI=1S/C30H36FN3O4S2/c1-20-15-26(40(37,38)25-9-5-6-10-25)18-28(35)34(20)27(17-21-7-3-2-4-8-21)29(36)33-30-32-19-24(39-30)16-22-11-13-23(31)14-12-22/h11-15,18-19,21,25,27H,2-10,16-17H2,1H3,(H,32,33,36). The Morgan fingerprint density at radius 2 is 1.75 bits per heavy atom. The fourth-order valence-corrected chi connectivity index (χ4v) is 8.93. The Hall–Kier alpha value is -2.85. The van der Waals surface area contributed by atoms with Gasteiger partial charge in [-0.15, -0.1) is 11.3 Å². The SMILES string of the molecule is Cc1cc(S(=O)(=O)C2CCCC2)cc(=O)n1C(CC1CCCCC1)C(=O)Nc1ncc(Cc2ccc(F)cc2)s1. The van der Waals surface area contributed by atoms with Gasteiger partial charge in [0.25, 0.3) is 5.56 Å². The number of rotatable bonds is 9. The number of hydrogen-bond acceptors (Lipinski definition) is 6. The number of nitrogens with one attached hydrogen (secondary N) is 1. The Bertz CT molecular complexity index is 1500. The Morgan fingerprint density at radius 3 is 2.42 bits per heavy atom. The zero-order valence-corrected chi connectivity index (χ0v) is 24.4. The monoisotopic (exact) mass is 585 g/mol. The third-order valence-electron chi connectivity index (χ3n) is 8.27. The van der Waals surface area contributed by atoms with Crippen molar-refractivity contribution in [3.63, 3.8) is 0 Å². The zero-order valence-electron chi connectivity index (χ0n) is 22.8. The molecule has 40 heavy (non-hydrogen) atoms. The largest absolute Gasteiger partial charge is 0.300 e. The number of pyridine rings is 1. The lowest BCUT2D eigenvalue weighted by Gasteiger charge is -2.28. The number of aromatic nitrogens is 2. The van der Waals surface area contributed by atoms with Crippen LogP contribution in [0.1, 0.15) is 86.4 Å². The molecule has 0 saturated heterocycles. The second-order valence-corrected chi connectivity index (χ2v) is 14.5. The van der Waals surface area contributed by atoms with Crippen LogP contribution in [0.3, 0.4) is 0 Å². The summed E-state index contributed by atoms with van der Waals surface area (Å²) in [4.78, 5) is 32.5. The van der Waals surface area contributed by atoms with Crippen LogP contribution in [0, 0.1) is 18.7 Å². The molecule has 214 valence electrons. The smallest absolute Gasteiger partial charge is 0.252 e. The van der Waals surface area contributed by atoms with E-state index in [1.807, 2.05) is 0 Å². The van der Waals surface area contributed by atoms with Crippen LogP contribution in [-0.2, 0) is 21.1 Å². The van der Waals surface area contributed by atoms with E-state index in [0.29, 0.717) is 42.4 Å². The minimum Gasteiger partial charge on any atom is -0.300 e. The first-order valence-electron chi connectivity index (χ1n) is 14.2. The molecule has 2 aliphatic carbocycles. The summed E-state index contributed by atoms with van der Waals surface area (Å²) in [6.07, 6.45) is 11.2. The van der Waals surface area contributed by atoms with Gasteiger partial charge in [0.1, 0.15) is 11.9 Å². The van der Waals surface area contributed by atoms with E-state index >= 15 is 0 Å². The number of carbonyl (C=O) groups excluding carboxylic acids is 1. The first-order valence-corrected chi connectivity index (χ1v) is 16.5. The van der Waals surface area contributed by atoms with E-state index in [4.69, 9.17) is 0 Å². The molecule has 1 N–H and O–H groups in total. The predicted octanol–water partition coefficient (Wildman–Crippen LogP) is 6.21. The normalized spacial score (nSPS) is 17.6. The lowest BCUT2D eigenvalue weighted by Crippen LogP contribution is -2.36. The van der Waals surface area contributed by atoms with E-state index in [2.05, 4.69) is 10.3 Å². The third kappa shape index (κ3) is 6.54. The van der Waals surface area contributed by atoms with Crippen molar-refractivity contribution in [2.45, 2.75) is 93.7 Å². The highest BCUT2D eigenvalue weighted by molar-refractivity contribution is 7.92. The molecule has 0 radical (unpaired) electrons. The molecular formula is C30H36FN3O4S2. The van der Waals surface area contributed by atoms with Crippen LogP contribution in [0.2, 0.25) is 0 Å². The summed E-state index contributed by atoms with van der Waals surface area (Å²) in [5, 5.41) is 2.91. The number of halogens is 1. The molecular weight excluding hydrogens is 549 g/mol. The Labute approximate surface area is 238 Å². The minimum absolute atomic E-state index is 0.0559. The number of sulfone groups is 1. The van der Waals surface area contributed by atoms with Gasteiger partial charge >= 0.3 is 0 Å². The number of thiazole rings is 1. The summed E-state index contributed by atoms with van der Waals surface area (Å²) in [6, 6.07) is 8.26. The van der Waals surface area contributed by atoms with E-state index < -0.39 is 26.7 Å². The molecule has 1 aromatic carbocycles. The number of hydrogen-bond donors (Lipinski definition) is 1.